The van der Waals surface area contributed by atoms with Crippen LogP contribution in [-0.4, -0.2) is 27.0 Å². The molecule has 1 saturated carbocycles. The summed E-state index contributed by atoms with van der Waals surface area (Å²) in [4.78, 5) is 25.8. The van der Waals surface area contributed by atoms with E-state index in [2.05, 4.69) is 26.2 Å². The SMILES string of the molecule is O=C(O)C(Nc1c(Br)cncc1[N+](=O)[O-])C1CCCCC1. The highest BCUT2D eigenvalue weighted by Crippen LogP contribution is 2.34. The number of nitrogens with one attached hydrogen (secondary N) is 1. The van der Waals surface area contributed by atoms with Gasteiger partial charge in [-0.25, -0.2) is 4.79 Å². The number of aliphatic carboxylic acids is 1. The maximum atomic E-state index is 11.5. The molecule has 0 radical (unpaired) electrons. The lowest BCUT2D eigenvalue weighted by Crippen LogP contribution is -2.38. The fraction of sp³-hybridized carbons (Fsp3) is 0.538. The van der Waals surface area contributed by atoms with E-state index in [9.17, 15) is 20.0 Å². The third kappa shape index (κ3) is 3.69. The fourth-order valence-corrected chi connectivity index (χ4v) is 3.15. The Kier molecular flexibility index (Phi) is 5.11. The van der Waals surface area contributed by atoms with Crippen molar-refractivity contribution in [2.45, 2.75) is 38.1 Å². The van der Waals surface area contributed by atoms with E-state index in [4.69, 9.17) is 0 Å². The maximum Gasteiger partial charge on any atom is 0.326 e. The number of carbonyl (C=O) groups is 1. The second kappa shape index (κ2) is 6.84. The van der Waals surface area contributed by atoms with Crippen molar-refractivity contribution in [3.8, 4) is 0 Å². The average molecular weight is 358 g/mol. The summed E-state index contributed by atoms with van der Waals surface area (Å²) in [5.41, 5.74) is -0.0561. The smallest absolute Gasteiger partial charge is 0.326 e. The molecule has 1 atom stereocenters. The summed E-state index contributed by atoms with van der Waals surface area (Å²) in [5, 5.41) is 23.3. The minimum absolute atomic E-state index is 0.0177. The van der Waals surface area contributed by atoms with Crippen molar-refractivity contribution in [1.82, 2.24) is 4.98 Å². The highest BCUT2D eigenvalue weighted by Gasteiger charge is 2.32. The van der Waals surface area contributed by atoms with Crippen molar-refractivity contribution in [3.63, 3.8) is 0 Å². The Bertz CT molecular complexity index is 546. The number of halogens is 1. The van der Waals surface area contributed by atoms with E-state index in [0.29, 0.717) is 4.47 Å². The van der Waals surface area contributed by atoms with Crippen LogP contribution in [0.1, 0.15) is 32.1 Å². The normalized spacial score (nSPS) is 17.2. The molecule has 1 fully saturated rings. The quantitative estimate of drug-likeness (QED) is 0.619. The number of rotatable bonds is 5. The van der Waals surface area contributed by atoms with E-state index >= 15 is 0 Å². The Morgan fingerprint density at radius 3 is 2.67 bits per heavy atom. The summed E-state index contributed by atoms with van der Waals surface area (Å²) in [5.74, 6) is -1.00. The van der Waals surface area contributed by atoms with Gasteiger partial charge in [0.25, 0.3) is 0 Å². The summed E-state index contributed by atoms with van der Waals surface area (Å²) in [6.45, 7) is 0. The second-order valence-electron chi connectivity index (χ2n) is 5.13. The molecule has 0 aliphatic heterocycles. The van der Waals surface area contributed by atoms with Crippen LogP contribution in [0.3, 0.4) is 0 Å². The van der Waals surface area contributed by atoms with E-state index in [1.807, 2.05) is 0 Å². The third-order valence-electron chi connectivity index (χ3n) is 3.76. The van der Waals surface area contributed by atoms with Gasteiger partial charge in [0.05, 0.1) is 9.40 Å². The molecule has 114 valence electrons. The number of pyridine rings is 1. The number of nitro groups is 1. The van der Waals surface area contributed by atoms with Crippen molar-refractivity contribution in [2.24, 2.45) is 5.92 Å². The molecule has 8 heteroatoms. The van der Waals surface area contributed by atoms with Gasteiger partial charge in [0.2, 0.25) is 0 Å². The first-order chi connectivity index (χ1) is 10.0. The topological polar surface area (TPSA) is 105 Å². The van der Waals surface area contributed by atoms with Crippen molar-refractivity contribution < 1.29 is 14.8 Å². The van der Waals surface area contributed by atoms with Gasteiger partial charge in [-0.15, -0.1) is 0 Å². The molecule has 1 aliphatic rings. The third-order valence-corrected chi connectivity index (χ3v) is 4.36. The van der Waals surface area contributed by atoms with Crippen LogP contribution in [0.5, 0.6) is 0 Å². The van der Waals surface area contributed by atoms with Crippen LogP contribution in [0.25, 0.3) is 0 Å². The van der Waals surface area contributed by atoms with Crippen LogP contribution in [0, 0.1) is 16.0 Å². The van der Waals surface area contributed by atoms with E-state index in [-0.39, 0.29) is 17.3 Å². The summed E-state index contributed by atoms with van der Waals surface area (Å²) in [7, 11) is 0. The molecule has 1 heterocycles. The predicted octanol–water partition coefficient (Wildman–Crippen LogP) is 3.20. The number of hydrogen-bond acceptors (Lipinski definition) is 5. The molecule has 0 bridgehead atoms. The van der Waals surface area contributed by atoms with Gasteiger partial charge in [-0.1, -0.05) is 19.3 Å². The van der Waals surface area contributed by atoms with Crippen molar-refractivity contribution in [2.75, 3.05) is 5.32 Å². The van der Waals surface area contributed by atoms with Gasteiger partial charge in [-0.3, -0.25) is 15.1 Å². The molecule has 0 amide bonds. The number of carboxylic acids is 1. The van der Waals surface area contributed by atoms with Crippen LogP contribution < -0.4 is 5.32 Å². The lowest BCUT2D eigenvalue weighted by molar-refractivity contribution is -0.384. The zero-order valence-electron chi connectivity index (χ0n) is 11.3. The highest BCUT2D eigenvalue weighted by atomic mass is 79.9. The van der Waals surface area contributed by atoms with Gasteiger partial charge in [0, 0.05) is 6.20 Å². The number of carboxylic acid groups (broad SMARTS) is 1. The van der Waals surface area contributed by atoms with E-state index in [0.717, 1.165) is 38.3 Å². The van der Waals surface area contributed by atoms with E-state index in [1.165, 1.54) is 6.20 Å². The van der Waals surface area contributed by atoms with Gasteiger partial charge >= 0.3 is 11.7 Å². The van der Waals surface area contributed by atoms with Gasteiger partial charge in [0.15, 0.2) is 0 Å². The molecule has 1 unspecified atom stereocenters. The molecule has 1 aromatic heterocycles. The first kappa shape index (κ1) is 15.7. The first-order valence-electron chi connectivity index (χ1n) is 6.78. The second-order valence-corrected chi connectivity index (χ2v) is 5.99. The average Bonchev–Trinajstić information content (AvgIpc) is 2.46. The van der Waals surface area contributed by atoms with Gasteiger partial charge in [-0.2, -0.15) is 0 Å². The number of anilines is 1. The summed E-state index contributed by atoms with van der Waals surface area (Å²) >= 11 is 3.19. The van der Waals surface area contributed by atoms with Gasteiger partial charge in [0.1, 0.15) is 17.9 Å². The number of hydrogen-bond donors (Lipinski definition) is 2. The van der Waals surface area contributed by atoms with Gasteiger partial charge in [-0.05, 0) is 34.7 Å². The zero-order valence-corrected chi connectivity index (χ0v) is 12.9. The van der Waals surface area contributed by atoms with Crippen molar-refractivity contribution >= 4 is 33.3 Å². The molecule has 1 aliphatic carbocycles. The van der Waals surface area contributed by atoms with Crippen LogP contribution in [0.2, 0.25) is 0 Å². The Hall–Kier alpha value is -1.70. The lowest BCUT2D eigenvalue weighted by atomic mass is 9.84. The largest absolute Gasteiger partial charge is 0.480 e. The zero-order chi connectivity index (χ0) is 15.4. The lowest BCUT2D eigenvalue weighted by Gasteiger charge is -2.28. The molecule has 0 aromatic carbocycles. The molecule has 7 nitrogen and oxygen atoms in total. The Balaban J connectivity index is 2.28. The molecule has 2 rings (SSSR count). The van der Waals surface area contributed by atoms with Crippen LogP contribution in [0.15, 0.2) is 16.9 Å². The first-order valence-corrected chi connectivity index (χ1v) is 7.57. The number of nitrogens with zero attached hydrogens (tertiary/aromatic N) is 2. The Morgan fingerprint density at radius 1 is 1.43 bits per heavy atom. The van der Waals surface area contributed by atoms with Crippen molar-refractivity contribution in [1.29, 1.82) is 0 Å². The van der Waals surface area contributed by atoms with E-state index in [1.54, 1.807) is 0 Å². The monoisotopic (exact) mass is 357 g/mol. The molecule has 1 aromatic rings. The molecule has 0 spiro atoms. The maximum absolute atomic E-state index is 11.5. The Labute approximate surface area is 130 Å². The highest BCUT2D eigenvalue weighted by molar-refractivity contribution is 9.10. The van der Waals surface area contributed by atoms with Crippen LogP contribution >= 0.6 is 15.9 Å². The predicted molar refractivity (Wildman–Crippen MR) is 80.2 cm³/mol. The summed E-state index contributed by atoms with van der Waals surface area (Å²) < 4.78 is 0.388. The standard InChI is InChI=1S/C13H16BrN3O4/c14-9-6-15-7-10(17(20)21)12(9)16-11(13(18)19)8-4-2-1-3-5-8/h6-8,11H,1-5H2,(H,15,16)(H,18,19). The summed E-state index contributed by atoms with van der Waals surface area (Å²) in [6, 6.07) is -0.831. The fourth-order valence-electron chi connectivity index (χ4n) is 2.71. The van der Waals surface area contributed by atoms with Crippen LogP contribution in [-0.2, 0) is 4.79 Å². The molecule has 0 saturated heterocycles. The Morgan fingerprint density at radius 2 is 2.10 bits per heavy atom. The minimum atomic E-state index is -0.986. The summed E-state index contributed by atoms with van der Waals surface area (Å²) in [6.07, 6.45) is 7.27. The molecule has 2 N–H and O–H groups in total. The molecular formula is C13H16BrN3O4. The van der Waals surface area contributed by atoms with E-state index < -0.39 is 16.9 Å². The minimum Gasteiger partial charge on any atom is -0.480 e. The number of aromatic nitrogens is 1. The van der Waals surface area contributed by atoms with Gasteiger partial charge < -0.3 is 10.4 Å². The van der Waals surface area contributed by atoms with Crippen molar-refractivity contribution in [3.05, 3.63) is 27.0 Å². The molecule has 21 heavy (non-hydrogen) atoms. The van der Waals surface area contributed by atoms with Crippen LogP contribution in [0.4, 0.5) is 11.4 Å². The molecular weight excluding hydrogens is 342 g/mol.